The summed E-state index contributed by atoms with van der Waals surface area (Å²) in [5.41, 5.74) is 0. The third-order valence-electron chi connectivity index (χ3n) is 2.72. The van der Waals surface area contributed by atoms with Crippen LogP contribution in [0.15, 0.2) is 0 Å². The fourth-order valence-corrected chi connectivity index (χ4v) is 3.65. The van der Waals surface area contributed by atoms with E-state index in [1.807, 2.05) is 11.8 Å². The van der Waals surface area contributed by atoms with Crippen molar-refractivity contribution in [1.29, 1.82) is 0 Å². The van der Waals surface area contributed by atoms with Crippen LogP contribution in [0.2, 0.25) is 0 Å². The zero-order valence-corrected chi connectivity index (χ0v) is 12.1. The number of amides is 1. The van der Waals surface area contributed by atoms with Crippen molar-refractivity contribution >= 4 is 34.1 Å². The second kappa shape index (κ2) is 6.94. The molecule has 7 heteroatoms. The van der Waals surface area contributed by atoms with Crippen LogP contribution in [-0.2, 0) is 0 Å². The second-order valence-electron chi connectivity index (χ2n) is 4.28. The Bertz CT molecular complexity index is 390. The van der Waals surface area contributed by atoms with Crippen molar-refractivity contribution in [3.63, 3.8) is 0 Å². The van der Waals surface area contributed by atoms with Crippen LogP contribution < -0.4 is 10.6 Å². The van der Waals surface area contributed by atoms with E-state index in [1.54, 1.807) is 0 Å². The predicted molar refractivity (Wildman–Crippen MR) is 76.5 cm³/mol. The molecule has 5 nitrogen and oxygen atoms in total. The lowest BCUT2D eigenvalue weighted by Gasteiger charge is -2.07. The molecule has 1 aromatic rings. The standard InChI is InChI=1S/C11H18N4OS2/c1-2-4-12-11-15-14-10(18-11)9(16)13-6-8-3-5-17-7-8/h8H,2-7H2,1H3,(H,12,15)(H,13,16). The van der Waals surface area contributed by atoms with Crippen LogP contribution in [0.3, 0.4) is 0 Å². The molecule has 2 heterocycles. The summed E-state index contributed by atoms with van der Waals surface area (Å²) >= 11 is 3.27. The summed E-state index contributed by atoms with van der Waals surface area (Å²) in [6, 6.07) is 0. The molecule has 0 saturated carbocycles. The van der Waals surface area contributed by atoms with Gasteiger partial charge in [-0.3, -0.25) is 4.79 Å². The molecular formula is C11H18N4OS2. The first-order chi connectivity index (χ1) is 8.79. The van der Waals surface area contributed by atoms with Gasteiger partial charge in [0.2, 0.25) is 10.1 Å². The van der Waals surface area contributed by atoms with E-state index in [4.69, 9.17) is 0 Å². The van der Waals surface area contributed by atoms with E-state index in [2.05, 4.69) is 27.8 Å². The van der Waals surface area contributed by atoms with Crippen LogP contribution in [0.1, 0.15) is 29.6 Å². The maximum atomic E-state index is 11.9. The summed E-state index contributed by atoms with van der Waals surface area (Å²) in [4.78, 5) is 11.9. The van der Waals surface area contributed by atoms with Gasteiger partial charge >= 0.3 is 0 Å². The molecule has 2 N–H and O–H groups in total. The summed E-state index contributed by atoms with van der Waals surface area (Å²) in [6.45, 7) is 3.69. The molecule has 1 aromatic heterocycles. The molecule has 1 atom stereocenters. The van der Waals surface area contributed by atoms with Crippen LogP contribution in [0.5, 0.6) is 0 Å². The normalized spacial score (nSPS) is 18.8. The number of rotatable bonds is 6. The van der Waals surface area contributed by atoms with E-state index in [9.17, 15) is 4.79 Å². The van der Waals surface area contributed by atoms with E-state index in [-0.39, 0.29) is 5.91 Å². The lowest BCUT2D eigenvalue weighted by molar-refractivity contribution is 0.0947. The van der Waals surface area contributed by atoms with Gasteiger partial charge in [0.15, 0.2) is 0 Å². The number of hydrogen-bond acceptors (Lipinski definition) is 6. The molecule has 18 heavy (non-hydrogen) atoms. The fraction of sp³-hybridized carbons (Fsp3) is 0.727. The largest absolute Gasteiger partial charge is 0.360 e. The molecule has 0 bridgehead atoms. The number of anilines is 1. The smallest absolute Gasteiger partial charge is 0.282 e. The van der Waals surface area contributed by atoms with E-state index in [0.29, 0.717) is 10.9 Å². The van der Waals surface area contributed by atoms with Gasteiger partial charge < -0.3 is 10.6 Å². The highest BCUT2D eigenvalue weighted by molar-refractivity contribution is 7.99. The molecular weight excluding hydrogens is 268 g/mol. The number of carbonyl (C=O) groups excluding carboxylic acids is 1. The minimum absolute atomic E-state index is 0.103. The van der Waals surface area contributed by atoms with Crippen molar-refractivity contribution in [3.8, 4) is 0 Å². The average molecular weight is 286 g/mol. The molecule has 0 radical (unpaired) electrons. The lowest BCUT2D eigenvalue weighted by atomic mass is 10.1. The van der Waals surface area contributed by atoms with E-state index < -0.39 is 0 Å². The maximum absolute atomic E-state index is 11.9. The molecule has 0 aromatic carbocycles. The molecule has 2 rings (SSSR count). The van der Waals surface area contributed by atoms with Gasteiger partial charge in [0.1, 0.15) is 0 Å². The fourth-order valence-electron chi connectivity index (χ4n) is 1.68. The number of nitrogens with one attached hydrogen (secondary N) is 2. The topological polar surface area (TPSA) is 66.9 Å². The third kappa shape index (κ3) is 3.84. The van der Waals surface area contributed by atoms with Gasteiger partial charge in [-0.2, -0.15) is 11.8 Å². The van der Waals surface area contributed by atoms with Crippen molar-refractivity contribution in [2.45, 2.75) is 19.8 Å². The lowest BCUT2D eigenvalue weighted by Crippen LogP contribution is -2.29. The number of hydrogen-bond donors (Lipinski definition) is 2. The molecule has 1 amide bonds. The molecule has 0 spiro atoms. The quantitative estimate of drug-likeness (QED) is 0.835. The van der Waals surface area contributed by atoms with Gasteiger partial charge in [-0.25, -0.2) is 0 Å². The molecule has 0 aliphatic carbocycles. The first kappa shape index (κ1) is 13.6. The molecule has 1 aliphatic heterocycles. The van der Waals surface area contributed by atoms with Gasteiger partial charge in [0.25, 0.3) is 5.91 Å². The van der Waals surface area contributed by atoms with Gasteiger partial charge in [-0.1, -0.05) is 18.3 Å². The maximum Gasteiger partial charge on any atom is 0.282 e. The Morgan fingerprint density at radius 2 is 2.39 bits per heavy atom. The number of thioether (sulfide) groups is 1. The van der Waals surface area contributed by atoms with Gasteiger partial charge in [0, 0.05) is 13.1 Å². The molecule has 100 valence electrons. The highest BCUT2D eigenvalue weighted by atomic mass is 32.2. The molecule has 1 aliphatic rings. The Kier molecular flexibility index (Phi) is 5.25. The molecule has 1 fully saturated rings. The SMILES string of the molecule is CCCNc1nnc(C(=O)NCC2CCSC2)s1. The highest BCUT2D eigenvalue weighted by Crippen LogP contribution is 2.22. The van der Waals surface area contributed by atoms with Gasteiger partial charge in [0.05, 0.1) is 0 Å². The van der Waals surface area contributed by atoms with Crippen LogP contribution in [0.4, 0.5) is 5.13 Å². The summed E-state index contributed by atoms with van der Waals surface area (Å²) in [5.74, 6) is 2.88. The van der Waals surface area contributed by atoms with Crippen molar-refractivity contribution in [1.82, 2.24) is 15.5 Å². The summed E-state index contributed by atoms with van der Waals surface area (Å²) in [5, 5.41) is 15.1. The Balaban J connectivity index is 1.78. The predicted octanol–water partition coefficient (Wildman–Crippen LogP) is 1.84. The van der Waals surface area contributed by atoms with Crippen molar-refractivity contribution in [2.75, 3.05) is 29.9 Å². The molecule has 1 unspecified atom stereocenters. The first-order valence-corrected chi connectivity index (χ1v) is 8.20. The third-order valence-corrected chi connectivity index (χ3v) is 4.83. The Morgan fingerprint density at radius 1 is 1.50 bits per heavy atom. The summed E-state index contributed by atoms with van der Waals surface area (Å²) in [6.07, 6.45) is 2.23. The van der Waals surface area contributed by atoms with Crippen molar-refractivity contribution < 1.29 is 4.79 Å². The zero-order chi connectivity index (χ0) is 12.8. The van der Waals surface area contributed by atoms with Crippen molar-refractivity contribution in [2.24, 2.45) is 5.92 Å². The van der Waals surface area contributed by atoms with Crippen molar-refractivity contribution in [3.05, 3.63) is 5.01 Å². The van der Waals surface area contributed by atoms with E-state index >= 15 is 0 Å². The van der Waals surface area contributed by atoms with E-state index in [1.165, 1.54) is 23.5 Å². The second-order valence-corrected chi connectivity index (χ2v) is 6.41. The van der Waals surface area contributed by atoms with Crippen LogP contribution >= 0.6 is 23.1 Å². The highest BCUT2D eigenvalue weighted by Gasteiger charge is 2.18. The average Bonchev–Trinajstić information content (AvgIpc) is 3.04. The zero-order valence-electron chi connectivity index (χ0n) is 10.4. The minimum atomic E-state index is -0.103. The van der Waals surface area contributed by atoms with E-state index in [0.717, 1.165) is 30.4 Å². The number of carbonyl (C=O) groups is 1. The minimum Gasteiger partial charge on any atom is -0.360 e. The van der Waals surface area contributed by atoms with Crippen LogP contribution in [0, 0.1) is 5.92 Å². The number of aromatic nitrogens is 2. The Hall–Kier alpha value is -0.820. The number of nitrogens with zero attached hydrogens (tertiary/aromatic N) is 2. The van der Waals surface area contributed by atoms with Gasteiger partial charge in [-0.15, -0.1) is 10.2 Å². The summed E-state index contributed by atoms with van der Waals surface area (Å²) in [7, 11) is 0. The Labute approximate surface area is 115 Å². The Morgan fingerprint density at radius 3 is 3.11 bits per heavy atom. The first-order valence-electron chi connectivity index (χ1n) is 6.23. The van der Waals surface area contributed by atoms with Crippen LogP contribution in [0.25, 0.3) is 0 Å². The monoisotopic (exact) mass is 286 g/mol. The molecule has 1 saturated heterocycles. The van der Waals surface area contributed by atoms with Gasteiger partial charge in [-0.05, 0) is 30.3 Å². The van der Waals surface area contributed by atoms with Crippen LogP contribution in [-0.4, -0.2) is 40.7 Å². The summed E-state index contributed by atoms with van der Waals surface area (Å²) < 4.78 is 0.